The topological polar surface area (TPSA) is 140 Å². The molecule has 2 amide bonds. The van der Waals surface area contributed by atoms with Crippen LogP contribution in [0.4, 0.5) is 11.4 Å². The van der Waals surface area contributed by atoms with Gasteiger partial charge in [-0.2, -0.15) is 5.10 Å². The van der Waals surface area contributed by atoms with Gasteiger partial charge in [-0.3, -0.25) is 19.7 Å². The molecule has 0 unspecified atom stereocenters. The summed E-state index contributed by atoms with van der Waals surface area (Å²) in [6.07, 6.45) is 1.28. The molecule has 10 heteroatoms. The molecule has 0 saturated carbocycles. The predicted molar refractivity (Wildman–Crippen MR) is 125 cm³/mol. The van der Waals surface area contributed by atoms with Gasteiger partial charge in [-0.15, -0.1) is 0 Å². The Bertz CT molecular complexity index is 1280. The van der Waals surface area contributed by atoms with E-state index in [1.807, 2.05) is 19.9 Å². The Morgan fingerprint density at radius 3 is 2.35 bits per heavy atom. The van der Waals surface area contributed by atoms with Gasteiger partial charge in [-0.1, -0.05) is 18.2 Å². The number of hydrogen-bond donors (Lipinski definition) is 2. The highest BCUT2D eigenvalue weighted by molar-refractivity contribution is 6.39. The van der Waals surface area contributed by atoms with Crippen LogP contribution in [-0.2, 0) is 9.59 Å². The number of nitro groups is 1. The molecule has 0 spiro atoms. The standard InChI is InChI=1S/C24H20N4O6/c1-15-6-9-19(12-16(15)2)26-22(29)23(30)27-25-14-17-4-3-5-21(13-17)34-24(31)18-7-10-20(11-8-18)28(32)33/h3-14H,1-2H3,(H,26,29)(H,27,30)/b25-14+. The molecule has 0 atom stereocenters. The summed E-state index contributed by atoms with van der Waals surface area (Å²) in [5.74, 6) is -2.31. The third-order valence-electron chi connectivity index (χ3n) is 4.73. The number of carbonyl (C=O) groups excluding carboxylic acids is 3. The summed E-state index contributed by atoms with van der Waals surface area (Å²) in [5.41, 5.74) is 5.16. The SMILES string of the molecule is Cc1ccc(NC(=O)C(=O)N/N=C/c2cccc(OC(=O)c3ccc([N+](=O)[O-])cc3)c2)cc1C. The van der Waals surface area contributed by atoms with Gasteiger partial charge in [-0.25, -0.2) is 10.2 Å². The van der Waals surface area contributed by atoms with E-state index in [0.717, 1.165) is 11.1 Å². The number of ether oxygens (including phenoxy) is 1. The minimum Gasteiger partial charge on any atom is -0.423 e. The van der Waals surface area contributed by atoms with E-state index in [2.05, 4.69) is 15.8 Å². The van der Waals surface area contributed by atoms with E-state index >= 15 is 0 Å². The summed E-state index contributed by atoms with van der Waals surface area (Å²) >= 11 is 0. The van der Waals surface area contributed by atoms with Crippen LogP contribution in [0.3, 0.4) is 0 Å². The van der Waals surface area contributed by atoms with Crippen molar-refractivity contribution in [2.24, 2.45) is 5.10 Å². The lowest BCUT2D eigenvalue weighted by molar-refractivity contribution is -0.384. The van der Waals surface area contributed by atoms with E-state index in [1.165, 1.54) is 42.6 Å². The molecule has 0 aliphatic heterocycles. The third-order valence-corrected chi connectivity index (χ3v) is 4.73. The lowest BCUT2D eigenvalue weighted by Gasteiger charge is -2.07. The van der Waals surface area contributed by atoms with Gasteiger partial charge in [0.1, 0.15) is 5.75 Å². The maximum atomic E-state index is 12.2. The highest BCUT2D eigenvalue weighted by Gasteiger charge is 2.14. The number of nitrogens with one attached hydrogen (secondary N) is 2. The van der Waals surface area contributed by atoms with Crippen molar-refractivity contribution in [3.05, 3.63) is 99.1 Å². The van der Waals surface area contributed by atoms with E-state index in [1.54, 1.807) is 24.3 Å². The highest BCUT2D eigenvalue weighted by Crippen LogP contribution is 2.17. The summed E-state index contributed by atoms with van der Waals surface area (Å²) < 4.78 is 5.27. The molecule has 0 fully saturated rings. The first kappa shape index (κ1) is 23.8. The van der Waals surface area contributed by atoms with Gasteiger partial charge in [0.15, 0.2) is 0 Å². The molecule has 0 saturated heterocycles. The van der Waals surface area contributed by atoms with Crippen molar-refractivity contribution in [3.8, 4) is 5.75 Å². The Morgan fingerprint density at radius 1 is 0.941 bits per heavy atom. The van der Waals surface area contributed by atoms with Crippen LogP contribution in [0.2, 0.25) is 0 Å². The monoisotopic (exact) mass is 460 g/mol. The average molecular weight is 460 g/mol. The first-order valence-corrected chi connectivity index (χ1v) is 10.0. The molecule has 0 heterocycles. The number of nitrogens with zero attached hydrogens (tertiary/aromatic N) is 2. The van der Waals surface area contributed by atoms with Crippen LogP contribution in [-0.4, -0.2) is 28.9 Å². The number of esters is 1. The Kier molecular flexibility index (Phi) is 7.45. The summed E-state index contributed by atoms with van der Waals surface area (Å²) in [5, 5.41) is 17.0. The van der Waals surface area contributed by atoms with Gasteiger partial charge >= 0.3 is 17.8 Å². The summed E-state index contributed by atoms with van der Waals surface area (Å²) in [6.45, 7) is 3.83. The Labute approximate surface area is 194 Å². The number of carbonyl (C=O) groups is 3. The van der Waals surface area contributed by atoms with Crippen LogP contribution < -0.4 is 15.5 Å². The predicted octanol–water partition coefficient (Wildman–Crippen LogP) is 3.52. The van der Waals surface area contributed by atoms with Crippen molar-refractivity contribution in [2.75, 3.05) is 5.32 Å². The van der Waals surface area contributed by atoms with Crippen molar-refractivity contribution in [1.29, 1.82) is 0 Å². The maximum absolute atomic E-state index is 12.2. The highest BCUT2D eigenvalue weighted by atomic mass is 16.6. The summed E-state index contributed by atoms with van der Waals surface area (Å²) in [6, 6.07) is 16.6. The molecule has 3 rings (SSSR count). The van der Waals surface area contributed by atoms with Crippen LogP contribution in [0.25, 0.3) is 0 Å². The molecule has 172 valence electrons. The van der Waals surface area contributed by atoms with Crippen molar-refractivity contribution < 1.29 is 24.0 Å². The number of hydrazone groups is 1. The first-order chi connectivity index (χ1) is 16.2. The van der Waals surface area contributed by atoms with Crippen LogP contribution in [0.1, 0.15) is 27.0 Å². The smallest absolute Gasteiger partial charge is 0.343 e. The van der Waals surface area contributed by atoms with Gasteiger partial charge in [0.25, 0.3) is 5.69 Å². The maximum Gasteiger partial charge on any atom is 0.343 e. The van der Waals surface area contributed by atoms with Gasteiger partial charge in [-0.05, 0) is 66.9 Å². The van der Waals surface area contributed by atoms with Crippen molar-refractivity contribution >= 4 is 35.4 Å². The minimum atomic E-state index is -0.949. The number of rotatable bonds is 6. The van der Waals surface area contributed by atoms with Crippen LogP contribution in [0, 0.1) is 24.0 Å². The quantitative estimate of drug-likeness (QED) is 0.144. The normalized spacial score (nSPS) is 10.5. The van der Waals surface area contributed by atoms with Crippen molar-refractivity contribution in [3.63, 3.8) is 0 Å². The lowest BCUT2D eigenvalue weighted by atomic mass is 10.1. The molecule has 0 aliphatic carbocycles. The Morgan fingerprint density at radius 2 is 1.68 bits per heavy atom. The second kappa shape index (κ2) is 10.6. The second-order valence-corrected chi connectivity index (χ2v) is 7.22. The van der Waals surface area contributed by atoms with E-state index in [4.69, 9.17) is 4.74 Å². The van der Waals surface area contributed by atoms with Gasteiger partial charge in [0.05, 0.1) is 16.7 Å². The fraction of sp³-hybridized carbons (Fsp3) is 0.0833. The number of benzene rings is 3. The van der Waals surface area contributed by atoms with Crippen molar-refractivity contribution in [2.45, 2.75) is 13.8 Å². The van der Waals surface area contributed by atoms with E-state index in [0.29, 0.717) is 11.3 Å². The van der Waals surface area contributed by atoms with E-state index in [9.17, 15) is 24.5 Å². The molecule has 3 aromatic rings. The van der Waals surface area contributed by atoms with Gasteiger partial charge in [0, 0.05) is 17.8 Å². The molecule has 3 aromatic carbocycles. The zero-order valence-corrected chi connectivity index (χ0v) is 18.3. The molecule has 0 bridgehead atoms. The van der Waals surface area contributed by atoms with E-state index in [-0.39, 0.29) is 17.0 Å². The van der Waals surface area contributed by atoms with Gasteiger partial charge in [0.2, 0.25) is 0 Å². The fourth-order valence-electron chi connectivity index (χ4n) is 2.77. The molecule has 0 aromatic heterocycles. The largest absolute Gasteiger partial charge is 0.423 e. The number of non-ortho nitro benzene ring substituents is 1. The number of anilines is 1. The zero-order chi connectivity index (χ0) is 24.7. The molecule has 10 nitrogen and oxygen atoms in total. The molecule has 0 radical (unpaired) electrons. The summed E-state index contributed by atoms with van der Waals surface area (Å²) in [4.78, 5) is 46.4. The third kappa shape index (κ3) is 6.33. The van der Waals surface area contributed by atoms with Crippen LogP contribution >= 0.6 is 0 Å². The molecule has 2 N–H and O–H groups in total. The van der Waals surface area contributed by atoms with Crippen LogP contribution in [0.5, 0.6) is 5.75 Å². The van der Waals surface area contributed by atoms with Crippen molar-refractivity contribution in [1.82, 2.24) is 5.43 Å². The first-order valence-electron chi connectivity index (χ1n) is 10.0. The summed E-state index contributed by atoms with van der Waals surface area (Å²) in [7, 11) is 0. The molecular formula is C24H20N4O6. The molecule has 0 aliphatic rings. The minimum absolute atomic E-state index is 0.139. The lowest BCUT2D eigenvalue weighted by Crippen LogP contribution is -2.32. The number of aryl methyl sites for hydroxylation is 2. The van der Waals surface area contributed by atoms with Gasteiger partial charge < -0.3 is 10.1 Å². The van der Waals surface area contributed by atoms with E-state index < -0.39 is 22.7 Å². The second-order valence-electron chi connectivity index (χ2n) is 7.22. The fourth-order valence-corrected chi connectivity index (χ4v) is 2.77. The Hall–Kier alpha value is -4.86. The number of nitro benzene ring substituents is 1. The number of hydrogen-bond acceptors (Lipinski definition) is 7. The van der Waals surface area contributed by atoms with Crippen LogP contribution in [0.15, 0.2) is 71.8 Å². The zero-order valence-electron chi connectivity index (χ0n) is 18.3. The molecule has 34 heavy (non-hydrogen) atoms. The number of amides is 2. The Balaban J connectivity index is 1.56. The molecular weight excluding hydrogens is 440 g/mol. The average Bonchev–Trinajstić information content (AvgIpc) is 2.81.